The summed E-state index contributed by atoms with van der Waals surface area (Å²) >= 11 is 0. The number of aliphatic carboxylic acids is 2. The van der Waals surface area contributed by atoms with Crippen molar-refractivity contribution in [3.05, 3.63) is 59.8 Å². The predicted octanol–water partition coefficient (Wildman–Crippen LogP) is 2.91. The summed E-state index contributed by atoms with van der Waals surface area (Å²) in [6, 6.07) is 13.6. The molecule has 1 fully saturated rings. The normalized spacial score (nSPS) is 16.5. The highest BCUT2D eigenvalue weighted by Crippen LogP contribution is 2.20. The molecule has 0 aliphatic carbocycles. The number of piperidine rings is 1. The highest BCUT2D eigenvalue weighted by molar-refractivity contribution is 5.89. The molecule has 9 heteroatoms. The maximum atomic E-state index is 9.55. The molecular weight excluding hydrogens is 448 g/mol. The first-order valence-corrected chi connectivity index (χ1v) is 12.2. The van der Waals surface area contributed by atoms with E-state index in [-0.39, 0.29) is 0 Å². The van der Waals surface area contributed by atoms with Crippen LogP contribution in [0.3, 0.4) is 0 Å². The topological polar surface area (TPSA) is 108 Å². The zero-order valence-electron chi connectivity index (χ0n) is 20.4. The van der Waals surface area contributed by atoms with E-state index in [4.69, 9.17) is 14.9 Å². The molecule has 0 bridgehead atoms. The second-order valence-electron chi connectivity index (χ2n) is 8.99. The molecule has 0 spiro atoms. The Labute approximate surface area is 206 Å². The zero-order chi connectivity index (χ0) is 25.0. The first-order chi connectivity index (χ1) is 16.9. The maximum Gasteiger partial charge on any atom is 0.328 e. The second kappa shape index (κ2) is 13.7. The van der Waals surface area contributed by atoms with Gasteiger partial charge in [0.1, 0.15) is 6.61 Å². The van der Waals surface area contributed by atoms with Gasteiger partial charge in [-0.3, -0.25) is 14.5 Å². The van der Waals surface area contributed by atoms with E-state index in [1.54, 1.807) is 0 Å². The molecule has 0 unspecified atom stereocenters. The number of hydrogen-bond acceptors (Lipinski definition) is 6. The summed E-state index contributed by atoms with van der Waals surface area (Å²) in [5.41, 5.74) is 2.75. The highest BCUT2D eigenvalue weighted by atomic mass is 16.5. The molecule has 4 rings (SSSR count). The van der Waals surface area contributed by atoms with E-state index in [1.165, 1.54) is 50.0 Å². The Morgan fingerprint density at radius 3 is 2.40 bits per heavy atom. The van der Waals surface area contributed by atoms with Crippen LogP contribution in [0.2, 0.25) is 0 Å². The molecule has 190 valence electrons. The molecule has 1 aromatic heterocycles. The van der Waals surface area contributed by atoms with Gasteiger partial charge in [0.25, 0.3) is 0 Å². The van der Waals surface area contributed by atoms with Crippen molar-refractivity contribution in [1.29, 1.82) is 0 Å². The number of likely N-dealkylation sites (tertiary alicyclic amines) is 1. The van der Waals surface area contributed by atoms with Gasteiger partial charge in [0, 0.05) is 49.6 Å². The van der Waals surface area contributed by atoms with E-state index in [2.05, 4.69) is 63.0 Å². The Hall–Kier alpha value is -3.17. The maximum absolute atomic E-state index is 9.55. The monoisotopic (exact) mass is 484 g/mol. The third-order valence-electron chi connectivity index (χ3n) is 6.39. The SMILES string of the molecule is CN(CCOc1cc2n(n1)CCCC2)C1CCN(Cc2ccccc2)CC1.O=C(O)/C=C\C(=O)O. The fraction of sp³-hybridized carbons (Fsp3) is 0.500. The lowest BCUT2D eigenvalue weighted by molar-refractivity contribution is -0.134. The van der Waals surface area contributed by atoms with Gasteiger partial charge >= 0.3 is 11.9 Å². The number of benzene rings is 1. The molecule has 2 N–H and O–H groups in total. The average molecular weight is 485 g/mol. The largest absolute Gasteiger partial charge is 0.478 e. The second-order valence-corrected chi connectivity index (χ2v) is 8.99. The molecule has 2 aliphatic heterocycles. The van der Waals surface area contributed by atoms with E-state index in [9.17, 15) is 9.59 Å². The number of ether oxygens (including phenoxy) is 1. The molecule has 1 saturated heterocycles. The Morgan fingerprint density at radius 1 is 1.09 bits per heavy atom. The molecule has 0 saturated carbocycles. The molecule has 0 amide bonds. The molecule has 0 radical (unpaired) electrons. The number of hydrogen-bond donors (Lipinski definition) is 2. The van der Waals surface area contributed by atoms with Gasteiger partial charge in [-0.05, 0) is 57.8 Å². The molecule has 0 atom stereocenters. The standard InChI is InChI=1S/C22H32N4O.C4H4O4/c1-24(15-16-27-22-17-21-9-5-6-12-26(21)23-22)20-10-13-25(14-11-20)18-19-7-3-2-4-8-19;5-3(6)1-2-4(7)8/h2-4,7-8,17,20H,5-6,9-16,18H2,1H3;1-2H,(H,5,6)(H,7,8)/b;2-1-. The summed E-state index contributed by atoms with van der Waals surface area (Å²) in [4.78, 5) is 24.2. The molecule has 9 nitrogen and oxygen atoms in total. The lowest BCUT2D eigenvalue weighted by Gasteiger charge is -2.36. The van der Waals surface area contributed by atoms with Crippen LogP contribution >= 0.6 is 0 Å². The lowest BCUT2D eigenvalue weighted by atomic mass is 10.0. The predicted molar refractivity (Wildman–Crippen MR) is 132 cm³/mol. The summed E-state index contributed by atoms with van der Waals surface area (Å²) < 4.78 is 8.05. The summed E-state index contributed by atoms with van der Waals surface area (Å²) in [5, 5.41) is 20.2. The number of fused-ring (bicyclic) bond motifs is 1. The quantitative estimate of drug-likeness (QED) is 0.523. The van der Waals surface area contributed by atoms with Crippen LogP contribution in [-0.2, 0) is 29.1 Å². The fourth-order valence-corrected chi connectivity index (χ4v) is 4.44. The van der Waals surface area contributed by atoms with Crippen molar-refractivity contribution in [2.24, 2.45) is 0 Å². The van der Waals surface area contributed by atoms with Crippen LogP contribution in [0.4, 0.5) is 0 Å². The van der Waals surface area contributed by atoms with E-state index in [1.807, 2.05) is 0 Å². The Kier molecular flexibility index (Phi) is 10.3. The van der Waals surface area contributed by atoms with Crippen LogP contribution in [0.5, 0.6) is 5.88 Å². The Morgan fingerprint density at radius 2 is 1.77 bits per heavy atom. The van der Waals surface area contributed by atoms with Crippen molar-refractivity contribution in [3.8, 4) is 5.88 Å². The van der Waals surface area contributed by atoms with Gasteiger partial charge in [0.05, 0.1) is 0 Å². The smallest absolute Gasteiger partial charge is 0.328 e. The number of rotatable bonds is 9. The van der Waals surface area contributed by atoms with Crippen LogP contribution in [0, 0.1) is 0 Å². The van der Waals surface area contributed by atoms with E-state index >= 15 is 0 Å². The van der Waals surface area contributed by atoms with Gasteiger partial charge in [-0.2, -0.15) is 0 Å². The molecule has 2 aromatic rings. The summed E-state index contributed by atoms with van der Waals surface area (Å²) in [5.74, 6) is -1.71. The molecular formula is C26H36N4O5. The summed E-state index contributed by atoms with van der Waals surface area (Å²) in [6.07, 6.45) is 7.24. The fourth-order valence-electron chi connectivity index (χ4n) is 4.44. The Bertz CT molecular complexity index is 928. The number of aromatic nitrogens is 2. The minimum absolute atomic E-state index is 0.558. The van der Waals surface area contributed by atoms with Crippen LogP contribution < -0.4 is 4.74 Å². The van der Waals surface area contributed by atoms with Gasteiger partial charge in [-0.15, -0.1) is 5.10 Å². The van der Waals surface area contributed by atoms with Crippen molar-refractivity contribution in [3.63, 3.8) is 0 Å². The highest BCUT2D eigenvalue weighted by Gasteiger charge is 2.22. The van der Waals surface area contributed by atoms with Crippen LogP contribution in [0.15, 0.2) is 48.6 Å². The van der Waals surface area contributed by atoms with Crippen LogP contribution in [0.25, 0.3) is 0 Å². The third-order valence-corrected chi connectivity index (χ3v) is 6.39. The third kappa shape index (κ3) is 9.18. The van der Waals surface area contributed by atoms with Crippen molar-refractivity contribution < 1.29 is 24.5 Å². The number of carbonyl (C=O) groups is 2. The minimum Gasteiger partial charge on any atom is -0.478 e. The molecule has 2 aliphatic rings. The van der Waals surface area contributed by atoms with Crippen molar-refractivity contribution in [2.75, 3.05) is 33.3 Å². The zero-order valence-corrected chi connectivity index (χ0v) is 20.4. The van der Waals surface area contributed by atoms with Gasteiger partial charge in [-0.25, -0.2) is 9.59 Å². The number of nitrogens with zero attached hydrogens (tertiary/aromatic N) is 4. The summed E-state index contributed by atoms with van der Waals surface area (Å²) in [7, 11) is 2.24. The van der Waals surface area contributed by atoms with Crippen LogP contribution in [0.1, 0.15) is 36.9 Å². The van der Waals surface area contributed by atoms with E-state index in [0.717, 1.165) is 38.5 Å². The molecule has 3 heterocycles. The van der Waals surface area contributed by atoms with E-state index < -0.39 is 11.9 Å². The molecule has 35 heavy (non-hydrogen) atoms. The first kappa shape index (κ1) is 26.4. The van der Waals surface area contributed by atoms with Crippen molar-refractivity contribution in [1.82, 2.24) is 19.6 Å². The Balaban J connectivity index is 0.000000371. The van der Waals surface area contributed by atoms with Gasteiger partial charge in [-0.1, -0.05) is 30.3 Å². The molecule has 1 aromatic carbocycles. The average Bonchev–Trinajstić information content (AvgIpc) is 3.27. The van der Waals surface area contributed by atoms with Gasteiger partial charge in [0.15, 0.2) is 0 Å². The number of likely N-dealkylation sites (N-methyl/N-ethyl adjacent to an activating group) is 1. The number of carboxylic acid groups (broad SMARTS) is 2. The summed E-state index contributed by atoms with van der Waals surface area (Å²) in [6.45, 7) is 6.16. The number of aryl methyl sites for hydroxylation is 2. The van der Waals surface area contributed by atoms with Gasteiger partial charge in [0.2, 0.25) is 5.88 Å². The van der Waals surface area contributed by atoms with E-state index in [0.29, 0.717) is 18.2 Å². The van der Waals surface area contributed by atoms with Crippen molar-refractivity contribution in [2.45, 2.75) is 51.2 Å². The lowest BCUT2D eigenvalue weighted by Crippen LogP contribution is -2.44. The van der Waals surface area contributed by atoms with Crippen LogP contribution in [-0.4, -0.2) is 81.1 Å². The minimum atomic E-state index is -1.26. The van der Waals surface area contributed by atoms with Gasteiger partial charge < -0.3 is 14.9 Å². The number of carboxylic acids is 2. The van der Waals surface area contributed by atoms with Crippen molar-refractivity contribution >= 4 is 11.9 Å². The first-order valence-electron chi connectivity index (χ1n) is 12.2.